The van der Waals surface area contributed by atoms with E-state index in [-0.39, 0.29) is 0 Å². The predicted octanol–water partition coefficient (Wildman–Crippen LogP) is 4.88. The van der Waals surface area contributed by atoms with E-state index < -0.39 is 0 Å². The summed E-state index contributed by atoms with van der Waals surface area (Å²) in [6, 6.07) is 10.2. The third-order valence-electron chi connectivity index (χ3n) is 6.24. The van der Waals surface area contributed by atoms with Gasteiger partial charge in [0.05, 0.1) is 15.7 Å². The summed E-state index contributed by atoms with van der Waals surface area (Å²) in [7, 11) is 0. The summed E-state index contributed by atoms with van der Waals surface area (Å²) in [5.41, 5.74) is 1.73. The van der Waals surface area contributed by atoms with Crippen molar-refractivity contribution in [3.8, 4) is 11.3 Å². The van der Waals surface area contributed by atoms with Crippen molar-refractivity contribution in [2.24, 2.45) is 0 Å². The Morgan fingerprint density at radius 3 is 2.30 bits per heavy atom. The lowest BCUT2D eigenvalue weighted by Crippen LogP contribution is -2.45. The monoisotopic (exact) mass is 447 g/mol. The number of nitrogens with zero attached hydrogens (tertiary/aromatic N) is 4. The molecule has 1 aromatic carbocycles. The lowest BCUT2D eigenvalue weighted by atomic mass is 10.0. The highest BCUT2D eigenvalue weighted by Gasteiger charge is 2.20. The Morgan fingerprint density at radius 1 is 0.867 bits per heavy atom. The van der Waals surface area contributed by atoms with Crippen molar-refractivity contribution in [2.45, 2.75) is 44.6 Å². The number of halogens is 2. The zero-order valence-electron chi connectivity index (χ0n) is 17.5. The standard InChI is InChI=1S/C23H31Cl2N5/c24-20-6-5-18(17-21(20)25)22-7-8-23(28-27-22)30-14-9-19(10-15-30)26-11-16-29-12-3-1-2-4-13-29/h5-8,17,19,26H,1-4,9-16H2. The van der Waals surface area contributed by atoms with Crippen molar-refractivity contribution in [1.29, 1.82) is 0 Å². The number of anilines is 1. The third-order valence-corrected chi connectivity index (χ3v) is 6.98. The number of benzene rings is 1. The summed E-state index contributed by atoms with van der Waals surface area (Å²) < 4.78 is 0. The van der Waals surface area contributed by atoms with E-state index in [0.717, 1.165) is 49.6 Å². The molecule has 1 aromatic heterocycles. The van der Waals surface area contributed by atoms with Crippen LogP contribution in [0, 0.1) is 0 Å². The molecule has 0 aliphatic carbocycles. The third kappa shape index (κ3) is 5.85. The molecule has 2 aromatic rings. The van der Waals surface area contributed by atoms with Crippen molar-refractivity contribution in [2.75, 3.05) is 44.2 Å². The minimum atomic E-state index is 0.533. The minimum absolute atomic E-state index is 0.533. The van der Waals surface area contributed by atoms with Crippen LogP contribution in [0.25, 0.3) is 11.3 Å². The second-order valence-electron chi connectivity index (χ2n) is 8.38. The van der Waals surface area contributed by atoms with Gasteiger partial charge in [0.2, 0.25) is 0 Å². The fourth-order valence-corrected chi connectivity index (χ4v) is 4.70. The first-order valence-electron chi connectivity index (χ1n) is 11.2. The Hall–Kier alpha value is -1.40. The van der Waals surface area contributed by atoms with Crippen LogP contribution in [0.1, 0.15) is 38.5 Å². The van der Waals surface area contributed by atoms with Crippen molar-refractivity contribution >= 4 is 29.0 Å². The Balaban J connectivity index is 1.23. The molecule has 0 amide bonds. The first kappa shape index (κ1) is 21.8. The average molecular weight is 448 g/mol. The van der Waals surface area contributed by atoms with Crippen LogP contribution in [-0.2, 0) is 0 Å². The minimum Gasteiger partial charge on any atom is -0.355 e. The summed E-state index contributed by atoms with van der Waals surface area (Å²) in [5.74, 6) is 0.946. The number of hydrogen-bond acceptors (Lipinski definition) is 5. The Labute approximate surface area is 189 Å². The van der Waals surface area contributed by atoms with Crippen LogP contribution >= 0.6 is 23.2 Å². The molecule has 0 radical (unpaired) electrons. The molecule has 0 bridgehead atoms. The number of piperidine rings is 1. The first-order chi connectivity index (χ1) is 14.7. The van der Waals surface area contributed by atoms with Gasteiger partial charge in [-0.05, 0) is 63.0 Å². The molecule has 0 spiro atoms. The van der Waals surface area contributed by atoms with Crippen LogP contribution in [0.4, 0.5) is 5.82 Å². The van der Waals surface area contributed by atoms with Gasteiger partial charge in [-0.15, -0.1) is 10.2 Å². The van der Waals surface area contributed by atoms with E-state index in [4.69, 9.17) is 23.2 Å². The maximum Gasteiger partial charge on any atom is 0.151 e. The van der Waals surface area contributed by atoms with Gasteiger partial charge in [0.25, 0.3) is 0 Å². The molecule has 0 saturated carbocycles. The molecule has 2 aliphatic heterocycles. The quantitative estimate of drug-likeness (QED) is 0.682. The Kier molecular flexibility index (Phi) is 7.83. The van der Waals surface area contributed by atoms with Gasteiger partial charge >= 0.3 is 0 Å². The number of aromatic nitrogens is 2. The maximum absolute atomic E-state index is 6.12. The van der Waals surface area contributed by atoms with Crippen LogP contribution in [0.5, 0.6) is 0 Å². The van der Waals surface area contributed by atoms with E-state index in [1.165, 1.54) is 45.3 Å². The summed E-state index contributed by atoms with van der Waals surface area (Å²) in [6.45, 7) is 6.86. The maximum atomic E-state index is 6.12. The summed E-state index contributed by atoms with van der Waals surface area (Å²) >= 11 is 12.1. The molecule has 5 nitrogen and oxygen atoms in total. The topological polar surface area (TPSA) is 44.3 Å². The largest absolute Gasteiger partial charge is 0.355 e. The first-order valence-corrected chi connectivity index (χ1v) is 11.9. The molecule has 0 unspecified atom stereocenters. The van der Waals surface area contributed by atoms with E-state index in [0.29, 0.717) is 16.1 Å². The van der Waals surface area contributed by atoms with Crippen LogP contribution in [0.2, 0.25) is 10.0 Å². The van der Waals surface area contributed by atoms with Crippen LogP contribution in [0.3, 0.4) is 0 Å². The van der Waals surface area contributed by atoms with Crippen molar-refractivity contribution in [3.63, 3.8) is 0 Å². The fourth-order valence-electron chi connectivity index (χ4n) is 4.40. The summed E-state index contributed by atoms with van der Waals surface area (Å²) in [4.78, 5) is 4.96. The SMILES string of the molecule is Clc1ccc(-c2ccc(N3CCC(NCCN4CCCCCC4)CC3)nn2)cc1Cl. The van der Waals surface area contributed by atoms with Gasteiger partial charge in [0, 0.05) is 37.8 Å². The summed E-state index contributed by atoms with van der Waals surface area (Å²) in [6.07, 6.45) is 7.83. The van der Waals surface area contributed by atoms with Gasteiger partial charge in [-0.1, -0.05) is 42.1 Å². The van der Waals surface area contributed by atoms with Crippen LogP contribution in [0.15, 0.2) is 30.3 Å². The van der Waals surface area contributed by atoms with E-state index in [2.05, 4.69) is 31.4 Å². The zero-order chi connectivity index (χ0) is 20.8. The average Bonchev–Trinajstić information content (AvgIpc) is 3.05. The predicted molar refractivity (Wildman–Crippen MR) is 126 cm³/mol. The normalized spacial score (nSPS) is 19.1. The molecule has 1 N–H and O–H groups in total. The van der Waals surface area contributed by atoms with Gasteiger partial charge in [-0.3, -0.25) is 0 Å². The van der Waals surface area contributed by atoms with Gasteiger partial charge in [0.1, 0.15) is 0 Å². The van der Waals surface area contributed by atoms with Crippen molar-refractivity contribution < 1.29 is 0 Å². The number of hydrogen-bond donors (Lipinski definition) is 1. The highest BCUT2D eigenvalue weighted by molar-refractivity contribution is 6.42. The van der Waals surface area contributed by atoms with E-state index >= 15 is 0 Å². The molecule has 30 heavy (non-hydrogen) atoms. The van der Waals surface area contributed by atoms with Gasteiger partial charge < -0.3 is 15.1 Å². The molecule has 0 atom stereocenters. The van der Waals surface area contributed by atoms with E-state index in [1.54, 1.807) is 6.07 Å². The smallest absolute Gasteiger partial charge is 0.151 e. The lowest BCUT2D eigenvalue weighted by molar-refractivity contribution is 0.274. The molecule has 2 fully saturated rings. The molecule has 162 valence electrons. The Morgan fingerprint density at radius 2 is 1.63 bits per heavy atom. The Bertz CT molecular complexity index is 798. The highest BCUT2D eigenvalue weighted by Crippen LogP contribution is 2.28. The number of rotatable bonds is 6. The second-order valence-corrected chi connectivity index (χ2v) is 9.19. The summed E-state index contributed by atoms with van der Waals surface area (Å²) in [5, 5.41) is 13.7. The molecule has 4 rings (SSSR count). The highest BCUT2D eigenvalue weighted by atomic mass is 35.5. The molecule has 3 heterocycles. The molecular formula is C23H31Cl2N5. The second kappa shape index (κ2) is 10.8. The van der Waals surface area contributed by atoms with E-state index in [1.807, 2.05) is 18.2 Å². The molecular weight excluding hydrogens is 417 g/mol. The van der Waals surface area contributed by atoms with E-state index in [9.17, 15) is 0 Å². The zero-order valence-corrected chi connectivity index (χ0v) is 19.0. The van der Waals surface area contributed by atoms with Gasteiger partial charge in [0.15, 0.2) is 5.82 Å². The fraction of sp³-hybridized carbons (Fsp3) is 0.565. The molecule has 2 saturated heterocycles. The molecule has 2 aliphatic rings. The van der Waals surface area contributed by atoms with Gasteiger partial charge in [-0.25, -0.2) is 0 Å². The lowest BCUT2D eigenvalue weighted by Gasteiger charge is -2.33. The number of nitrogens with one attached hydrogen (secondary N) is 1. The van der Waals surface area contributed by atoms with Crippen LogP contribution in [-0.4, -0.2) is 60.4 Å². The van der Waals surface area contributed by atoms with Gasteiger partial charge in [-0.2, -0.15) is 0 Å². The van der Waals surface area contributed by atoms with Crippen LogP contribution < -0.4 is 10.2 Å². The molecule has 7 heteroatoms. The van der Waals surface area contributed by atoms with Crippen molar-refractivity contribution in [1.82, 2.24) is 20.4 Å². The van der Waals surface area contributed by atoms with Crippen molar-refractivity contribution in [3.05, 3.63) is 40.4 Å². The number of likely N-dealkylation sites (tertiary alicyclic amines) is 1.